The number of hydrogen-bond donors (Lipinski definition) is 0. The summed E-state index contributed by atoms with van der Waals surface area (Å²) in [5, 5.41) is 4.01. The van der Waals surface area contributed by atoms with Gasteiger partial charge in [0.1, 0.15) is 11.4 Å². The summed E-state index contributed by atoms with van der Waals surface area (Å²) in [4.78, 5) is 39.0. The number of aryl methyl sites for hydroxylation is 2. The molecule has 0 aromatic carbocycles. The minimum absolute atomic E-state index is 0.274. The number of ketones is 1. The number of aromatic nitrogens is 2. The molecule has 0 N–H and O–H groups in total. The summed E-state index contributed by atoms with van der Waals surface area (Å²) in [7, 11) is 0. The van der Waals surface area contributed by atoms with Crippen molar-refractivity contribution in [2.75, 3.05) is 19.7 Å². The summed E-state index contributed by atoms with van der Waals surface area (Å²) in [5.41, 5.74) is 1.47. The number of hydrogen-bond acceptors (Lipinski definition) is 7. The Hall–Kier alpha value is -3.10. The Kier molecular flexibility index (Phi) is 6.76. The molecule has 1 aliphatic heterocycles. The van der Waals surface area contributed by atoms with Gasteiger partial charge in [0.05, 0.1) is 5.92 Å². The predicted molar refractivity (Wildman–Crippen MR) is 116 cm³/mol. The van der Waals surface area contributed by atoms with E-state index in [1.165, 1.54) is 0 Å². The van der Waals surface area contributed by atoms with Crippen LogP contribution >= 0.6 is 0 Å². The first-order valence-corrected chi connectivity index (χ1v) is 10.8. The van der Waals surface area contributed by atoms with Crippen LogP contribution in [0.2, 0.25) is 0 Å². The molecule has 9 heteroatoms. The van der Waals surface area contributed by atoms with Crippen LogP contribution in [0.5, 0.6) is 0 Å². The van der Waals surface area contributed by atoms with Gasteiger partial charge in [-0.05, 0) is 60.5 Å². The smallest absolute Gasteiger partial charge is 0.410 e. The first-order valence-electron chi connectivity index (χ1n) is 10.8. The number of piperidine rings is 1. The Morgan fingerprint density at radius 3 is 2.34 bits per heavy atom. The third-order valence-corrected chi connectivity index (χ3v) is 5.40. The third-order valence-electron chi connectivity index (χ3n) is 5.40. The number of Topliss-reactive ketones (excluding diaryl/α,β-unsaturated/α-hetero) is 1. The molecule has 1 fully saturated rings. The molecule has 0 saturated carbocycles. The van der Waals surface area contributed by atoms with Crippen LogP contribution in [0.1, 0.15) is 61.1 Å². The largest absolute Gasteiger partial charge is 0.457 e. The van der Waals surface area contributed by atoms with Gasteiger partial charge < -0.3 is 18.9 Å². The van der Waals surface area contributed by atoms with Gasteiger partial charge in [-0.1, -0.05) is 5.16 Å². The molecule has 0 aliphatic carbocycles. The van der Waals surface area contributed by atoms with Gasteiger partial charge >= 0.3 is 12.1 Å². The van der Waals surface area contributed by atoms with Gasteiger partial charge in [-0.25, -0.2) is 4.79 Å². The molecule has 0 bridgehead atoms. The van der Waals surface area contributed by atoms with Crippen LogP contribution < -0.4 is 0 Å². The van der Waals surface area contributed by atoms with Crippen LogP contribution in [0.25, 0.3) is 5.82 Å². The topological polar surface area (TPSA) is 104 Å². The van der Waals surface area contributed by atoms with Crippen molar-refractivity contribution in [3.8, 4) is 5.82 Å². The molecular weight excluding hydrogens is 414 g/mol. The fourth-order valence-corrected chi connectivity index (χ4v) is 3.81. The highest BCUT2D eigenvalue weighted by atomic mass is 16.6. The molecular formula is C23H31N3O6. The Bertz CT molecular complexity index is 1010. The normalized spacial score (nSPS) is 15.0. The zero-order valence-corrected chi connectivity index (χ0v) is 19.6. The molecule has 0 unspecified atom stereocenters. The minimum Gasteiger partial charge on any atom is -0.457 e. The van der Waals surface area contributed by atoms with Gasteiger partial charge in [0.15, 0.2) is 12.4 Å². The molecule has 0 spiro atoms. The van der Waals surface area contributed by atoms with E-state index in [9.17, 15) is 14.4 Å². The molecule has 32 heavy (non-hydrogen) atoms. The van der Waals surface area contributed by atoms with Crippen molar-refractivity contribution in [2.45, 2.75) is 60.0 Å². The van der Waals surface area contributed by atoms with Crippen molar-refractivity contribution >= 4 is 17.8 Å². The van der Waals surface area contributed by atoms with E-state index in [4.69, 9.17) is 14.0 Å². The summed E-state index contributed by atoms with van der Waals surface area (Å²) in [5.74, 6) is 0.247. The second-order valence-corrected chi connectivity index (χ2v) is 9.19. The first-order chi connectivity index (χ1) is 15.0. The molecule has 0 atom stereocenters. The van der Waals surface area contributed by atoms with Crippen molar-refractivity contribution in [3.05, 3.63) is 34.8 Å². The fourth-order valence-electron chi connectivity index (χ4n) is 3.81. The second-order valence-electron chi connectivity index (χ2n) is 9.19. The molecule has 1 saturated heterocycles. The second kappa shape index (κ2) is 9.18. The fraction of sp³-hybridized carbons (Fsp3) is 0.565. The number of nitrogens with zero attached hydrogens (tertiary/aromatic N) is 3. The standard InChI is InChI=1S/C23H31N3O6/c1-14-11-18(16(3)26(14)20-12-15(2)32-24-20)19(27)13-30-21(28)17-7-9-25(10-8-17)22(29)31-23(4,5)6/h11-12,17H,7-10,13H2,1-6H3. The maximum absolute atomic E-state index is 12.7. The molecule has 9 nitrogen and oxygen atoms in total. The minimum atomic E-state index is -0.560. The van der Waals surface area contributed by atoms with Crippen molar-refractivity contribution in [2.24, 2.45) is 5.92 Å². The third kappa shape index (κ3) is 5.38. The lowest BCUT2D eigenvalue weighted by atomic mass is 9.97. The van der Waals surface area contributed by atoms with Crippen molar-refractivity contribution in [1.82, 2.24) is 14.6 Å². The van der Waals surface area contributed by atoms with Crippen molar-refractivity contribution in [3.63, 3.8) is 0 Å². The van der Waals surface area contributed by atoms with E-state index in [-0.39, 0.29) is 24.4 Å². The van der Waals surface area contributed by atoms with E-state index in [0.717, 1.165) is 5.69 Å². The number of carbonyl (C=O) groups is 3. The van der Waals surface area contributed by atoms with E-state index in [1.54, 1.807) is 24.0 Å². The van der Waals surface area contributed by atoms with Gasteiger partial charge in [0, 0.05) is 36.1 Å². The molecule has 174 valence electrons. The number of esters is 1. The average molecular weight is 446 g/mol. The Morgan fingerprint density at radius 1 is 1.12 bits per heavy atom. The molecule has 3 heterocycles. The van der Waals surface area contributed by atoms with E-state index in [0.29, 0.717) is 48.8 Å². The first kappa shape index (κ1) is 23.6. The maximum atomic E-state index is 12.7. The lowest BCUT2D eigenvalue weighted by molar-refractivity contribution is -0.149. The molecule has 1 aliphatic rings. The number of ether oxygens (including phenoxy) is 2. The lowest BCUT2D eigenvalue weighted by Gasteiger charge is -2.32. The predicted octanol–water partition coefficient (Wildman–Crippen LogP) is 3.76. The lowest BCUT2D eigenvalue weighted by Crippen LogP contribution is -2.43. The summed E-state index contributed by atoms with van der Waals surface area (Å²) in [6, 6.07) is 3.55. The quantitative estimate of drug-likeness (QED) is 0.510. The number of amides is 1. The molecule has 2 aromatic rings. The molecule has 1 amide bonds. The molecule has 3 rings (SSSR count). The van der Waals surface area contributed by atoms with Crippen LogP contribution in [0.4, 0.5) is 4.79 Å². The number of carbonyl (C=O) groups excluding carboxylic acids is 3. The van der Waals surface area contributed by atoms with E-state index < -0.39 is 11.6 Å². The van der Waals surface area contributed by atoms with Crippen LogP contribution in [-0.4, -0.2) is 57.8 Å². The summed E-state index contributed by atoms with van der Waals surface area (Å²) < 4.78 is 17.7. The van der Waals surface area contributed by atoms with E-state index in [2.05, 4.69) is 5.16 Å². The monoisotopic (exact) mass is 445 g/mol. The molecule has 2 aromatic heterocycles. The van der Waals surface area contributed by atoms with Crippen LogP contribution in [0.3, 0.4) is 0 Å². The van der Waals surface area contributed by atoms with Gasteiger partial charge in [0.2, 0.25) is 5.78 Å². The van der Waals surface area contributed by atoms with Gasteiger partial charge in [-0.2, -0.15) is 0 Å². The summed E-state index contributed by atoms with van der Waals surface area (Å²) >= 11 is 0. The van der Waals surface area contributed by atoms with Crippen LogP contribution in [-0.2, 0) is 14.3 Å². The Labute approximate surface area is 187 Å². The maximum Gasteiger partial charge on any atom is 0.410 e. The number of likely N-dealkylation sites (tertiary alicyclic amines) is 1. The van der Waals surface area contributed by atoms with Crippen molar-refractivity contribution < 1.29 is 28.4 Å². The zero-order chi connectivity index (χ0) is 23.6. The van der Waals surface area contributed by atoms with Crippen molar-refractivity contribution in [1.29, 1.82) is 0 Å². The SMILES string of the molecule is Cc1cc(-n2c(C)cc(C(=O)COC(=O)C3CCN(C(=O)OC(C)(C)C)CC3)c2C)no1. The average Bonchev–Trinajstić information content (AvgIpc) is 3.26. The number of rotatable bonds is 5. The van der Waals surface area contributed by atoms with Gasteiger partial charge in [-0.3, -0.25) is 14.2 Å². The van der Waals surface area contributed by atoms with E-state index in [1.807, 2.05) is 39.2 Å². The van der Waals surface area contributed by atoms with Gasteiger partial charge in [-0.15, -0.1) is 0 Å². The highest BCUT2D eigenvalue weighted by Gasteiger charge is 2.31. The van der Waals surface area contributed by atoms with Gasteiger partial charge in [0.25, 0.3) is 0 Å². The summed E-state index contributed by atoms with van der Waals surface area (Å²) in [6.07, 6.45) is 0.579. The van der Waals surface area contributed by atoms with Crippen LogP contribution in [0, 0.1) is 26.7 Å². The zero-order valence-electron chi connectivity index (χ0n) is 19.6. The highest BCUT2D eigenvalue weighted by Crippen LogP contribution is 2.23. The van der Waals surface area contributed by atoms with E-state index >= 15 is 0 Å². The Morgan fingerprint density at radius 2 is 1.78 bits per heavy atom. The Balaban J connectivity index is 1.54. The molecule has 0 radical (unpaired) electrons. The van der Waals surface area contributed by atoms with Crippen LogP contribution in [0.15, 0.2) is 16.7 Å². The summed E-state index contributed by atoms with van der Waals surface area (Å²) in [6.45, 7) is 11.4. The highest BCUT2D eigenvalue weighted by molar-refractivity contribution is 5.99.